The zero-order valence-electron chi connectivity index (χ0n) is 22.6. The Balaban J connectivity index is 1.38. The number of aromatic nitrogens is 3. The summed E-state index contributed by atoms with van der Waals surface area (Å²) in [5.41, 5.74) is 7.70. The number of halogens is 3. The van der Waals surface area contributed by atoms with Crippen molar-refractivity contribution in [2.75, 3.05) is 44.0 Å². The lowest BCUT2D eigenvalue weighted by atomic mass is 10.0. The van der Waals surface area contributed by atoms with E-state index in [-0.39, 0.29) is 29.3 Å². The molecule has 0 bridgehead atoms. The number of nitrogen functional groups attached to an aromatic ring is 1. The number of aryl methyl sites for hydroxylation is 1. The third kappa shape index (κ3) is 6.33. The van der Waals surface area contributed by atoms with Gasteiger partial charge in [-0.15, -0.1) is 5.10 Å². The molecule has 41 heavy (non-hydrogen) atoms. The Kier molecular flexibility index (Phi) is 7.68. The van der Waals surface area contributed by atoms with E-state index < -0.39 is 17.6 Å². The van der Waals surface area contributed by atoms with Crippen molar-refractivity contribution in [3.8, 4) is 11.8 Å². The number of alkyl halides is 3. The van der Waals surface area contributed by atoms with Gasteiger partial charge in [0.1, 0.15) is 0 Å². The van der Waals surface area contributed by atoms with Gasteiger partial charge in [-0.2, -0.15) is 18.2 Å². The number of carbonyl (C=O) groups excluding carboxylic acids is 1. The van der Waals surface area contributed by atoms with Crippen LogP contribution in [0.15, 0.2) is 54.7 Å². The maximum Gasteiger partial charge on any atom is 0.416 e. The van der Waals surface area contributed by atoms with Crippen LogP contribution in [-0.2, 0) is 12.7 Å². The van der Waals surface area contributed by atoms with E-state index in [4.69, 9.17) is 11.6 Å². The fourth-order valence-electron chi connectivity index (χ4n) is 4.63. The van der Waals surface area contributed by atoms with E-state index in [0.29, 0.717) is 29.9 Å². The molecule has 0 unspecified atom stereocenters. The van der Waals surface area contributed by atoms with Crippen molar-refractivity contribution < 1.29 is 18.0 Å². The molecule has 4 N–H and O–H groups in total. The summed E-state index contributed by atoms with van der Waals surface area (Å²) in [6, 6.07) is 12.1. The standard InChI is InChI=1S/C29H29F3N8O/c1-19-3-5-22(16-21(19)6-4-20-9-10-39-26(15-20)35-28(33)36-39)27(41)40(34)24-8-7-23(25(17-24)29(30,31)32)18-38-13-11-37(2)12-14-38/h3,5,7-10,15-17H,11-14,18,34H2,1-2H3,(H2,33,36). The van der Waals surface area contributed by atoms with Gasteiger partial charge in [0.25, 0.3) is 5.91 Å². The van der Waals surface area contributed by atoms with E-state index in [1.165, 1.54) is 16.6 Å². The molecule has 2 aromatic heterocycles. The molecule has 12 heteroatoms. The van der Waals surface area contributed by atoms with Gasteiger partial charge in [-0.25, -0.2) is 15.4 Å². The number of amides is 1. The summed E-state index contributed by atoms with van der Waals surface area (Å²) in [5, 5.41) is 4.76. The highest BCUT2D eigenvalue weighted by atomic mass is 19.4. The Bertz CT molecular complexity index is 1660. The molecule has 0 spiro atoms. The number of hydrogen-bond donors (Lipinski definition) is 2. The number of fused-ring (bicyclic) bond motifs is 1. The van der Waals surface area contributed by atoms with Gasteiger partial charge in [0, 0.05) is 55.6 Å². The highest BCUT2D eigenvalue weighted by molar-refractivity contribution is 6.05. The van der Waals surface area contributed by atoms with Crippen LogP contribution < -0.4 is 16.6 Å². The molecule has 0 saturated carbocycles. The molecule has 1 aliphatic heterocycles. The lowest BCUT2D eigenvalue weighted by molar-refractivity contribution is -0.138. The van der Waals surface area contributed by atoms with E-state index in [9.17, 15) is 18.0 Å². The molecule has 0 aliphatic carbocycles. The number of likely N-dealkylation sites (N-methyl/N-ethyl adjacent to an activating group) is 1. The topological polar surface area (TPSA) is 109 Å². The first kappa shape index (κ1) is 28.1. The van der Waals surface area contributed by atoms with Crippen molar-refractivity contribution in [2.45, 2.75) is 19.6 Å². The number of rotatable bonds is 4. The van der Waals surface area contributed by atoms with Crippen LogP contribution in [-0.4, -0.2) is 63.5 Å². The quantitative estimate of drug-likeness (QED) is 0.170. The third-order valence-electron chi connectivity index (χ3n) is 7.07. The van der Waals surface area contributed by atoms with Crippen molar-refractivity contribution in [1.82, 2.24) is 24.4 Å². The van der Waals surface area contributed by atoms with E-state index in [1.807, 2.05) is 18.9 Å². The van der Waals surface area contributed by atoms with Gasteiger partial charge in [-0.3, -0.25) is 9.69 Å². The summed E-state index contributed by atoms with van der Waals surface area (Å²) in [6.45, 7) is 4.95. The highest BCUT2D eigenvalue weighted by Crippen LogP contribution is 2.35. The molecule has 3 heterocycles. The van der Waals surface area contributed by atoms with Crippen molar-refractivity contribution in [3.05, 3.63) is 88.1 Å². The summed E-state index contributed by atoms with van der Waals surface area (Å²) >= 11 is 0. The highest BCUT2D eigenvalue weighted by Gasteiger charge is 2.35. The lowest BCUT2D eigenvalue weighted by Gasteiger charge is -2.33. The number of nitrogens with two attached hydrogens (primary N) is 2. The molecule has 1 saturated heterocycles. The first-order valence-electron chi connectivity index (χ1n) is 12.9. The molecular formula is C29H29F3N8O. The second-order valence-corrected chi connectivity index (χ2v) is 10.1. The number of benzene rings is 2. The minimum atomic E-state index is -4.60. The fraction of sp³-hybridized carbons (Fsp3) is 0.276. The number of carbonyl (C=O) groups is 1. The molecule has 1 aliphatic rings. The molecule has 0 radical (unpaired) electrons. The number of piperazine rings is 1. The smallest absolute Gasteiger partial charge is 0.366 e. The second-order valence-electron chi connectivity index (χ2n) is 10.1. The number of anilines is 2. The molecule has 4 aromatic rings. The maximum absolute atomic E-state index is 14.0. The summed E-state index contributed by atoms with van der Waals surface area (Å²) in [5.74, 6) is 11.7. The normalized spacial score (nSPS) is 14.6. The minimum absolute atomic E-state index is 0.0569. The van der Waals surface area contributed by atoms with E-state index in [2.05, 4.69) is 26.8 Å². The average molecular weight is 563 g/mol. The Morgan fingerprint density at radius 3 is 2.54 bits per heavy atom. The van der Waals surface area contributed by atoms with E-state index >= 15 is 0 Å². The predicted molar refractivity (Wildman–Crippen MR) is 150 cm³/mol. The summed E-state index contributed by atoms with van der Waals surface area (Å²) < 4.78 is 43.7. The monoisotopic (exact) mass is 562 g/mol. The van der Waals surface area contributed by atoms with Crippen LogP contribution in [0, 0.1) is 18.8 Å². The van der Waals surface area contributed by atoms with Crippen LogP contribution in [0.1, 0.15) is 38.2 Å². The Labute approximate surface area is 235 Å². The van der Waals surface area contributed by atoms with Crippen LogP contribution in [0.4, 0.5) is 24.8 Å². The summed E-state index contributed by atoms with van der Waals surface area (Å²) in [7, 11) is 1.99. The minimum Gasteiger partial charge on any atom is -0.366 e. The molecule has 1 fully saturated rings. The van der Waals surface area contributed by atoms with Crippen molar-refractivity contribution in [3.63, 3.8) is 0 Å². The molecule has 2 aromatic carbocycles. The first-order valence-corrected chi connectivity index (χ1v) is 12.9. The largest absolute Gasteiger partial charge is 0.416 e. The molecule has 5 rings (SSSR count). The molecule has 0 atom stereocenters. The lowest BCUT2D eigenvalue weighted by Crippen LogP contribution is -2.44. The molecule has 1 amide bonds. The maximum atomic E-state index is 14.0. The fourth-order valence-corrected chi connectivity index (χ4v) is 4.63. The van der Waals surface area contributed by atoms with Crippen LogP contribution in [0.3, 0.4) is 0 Å². The zero-order chi connectivity index (χ0) is 29.3. The second kappa shape index (κ2) is 11.2. The predicted octanol–water partition coefficient (Wildman–Crippen LogP) is 3.31. The number of nitrogens with zero attached hydrogens (tertiary/aromatic N) is 6. The Morgan fingerprint density at radius 2 is 1.80 bits per heavy atom. The number of hydrazine groups is 1. The van der Waals surface area contributed by atoms with Crippen LogP contribution in [0.25, 0.3) is 5.65 Å². The van der Waals surface area contributed by atoms with Crippen molar-refractivity contribution in [2.24, 2.45) is 5.84 Å². The van der Waals surface area contributed by atoms with Gasteiger partial charge in [0.05, 0.1) is 11.3 Å². The van der Waals surface area contributed by atoms with E-state index in [1.54, 1.807) is 36.5 Å². The van der Waals surface area contributed by atoms with Gasteiger partial charge >= 0.3 is 6.18 Å². The van der Waals surface area contributed by atoms with Crippen LogP contribution >= 0.6 is 0 Å². The molecular weight excluding hydrogens is 533 g/mol. The molecule has 212 valence electrons. The van der Waals surface area contributed by atoms with Crippen molar-refractivity contribution >= 4 is 23.2 Å². The number of hydrogen-bond acceptors (Lipinski definition) is 7. The van der Waals surface area contributed by atoms with E-state index in [0.717, 1.165) is 29.7 Å². The summed E-state index contributed by atoms with van der Waals surface area (Å²) in [6.07, 6.45) is -2.91. The average Bonchev–Trinajstić information content (AvgIpc) is 3.32. The van der Waals surface area contributed by atoms with Gasteiger partial charge in [-0.1, -0.05) is 24.0 Å². The van der Waals surface area contributed by atoms with Gasteiger partial charge in [-0.05, 0) is 61.5 Å². The van der Waals surface area contributed by atoms with Crippen LogP contribution in [0.5, 0.6) is 0 Å². The Hall–Kier alpha value is -4.44. The SMILES string of the molecule is Cc1ccc(C(=O)N(N)c2ccc(CN3CCN(C)CC3)c(C(F)(F)F)c2)cc1C#Cc1ccn2nc(N)nc2c1. The van der Waals surface area contributed by atoms with Crippen molar-refractivity contribution in [1.29, 1.82) is 0 Å². The molecule has 9 nitrogen and oxygen atoms in total. The van der Waals surface area contributed by atoms with Gasteiger partial charge in [0.2, 0.25) is 5.95 Å². The van der Waals surface area contributed by atoms with Gasteiger partial charge < -0.3 is 10.6 Å². The zero-order valence-corrected chi connectivity index (χ0v) is 22.6. The Morgan fingerprint density at radius 1 is 1.05 bits per heavy atom. The summed E-state index contributed by atoms with van der Waals surface area (Å²) in [4.78, 5) is 21.5. The van der Waals surface area contributed by atoms with Crippen LogP contribution in [0.2, 0.25) is 0 Å². The van der Waals surface area contributed by atoms with Gasteiger partial charge in [0.15, 0.2) is 5.65 Å². The number of pyridine rings is 1. The first-order chi connectivity index (χ1) is 19.5. The third-order valence-corrected chi connectivity index (χ3v) is 7.07.